The molecule has 0 aliphatic heterocycles. The minimum atomic E-state index is -4.37. The number of aromatic nitrogens is 2. The van der Waals surface area contributed by atoms with E-state index in [0.717, 1.165) is 6.07 Å². The van der Waals surface area contributed by atoms with Gasteiger partial charge in [0.05, 0.1) is 0 Å². The standard InChI is InChI=1S/C5H4F3N2/c1-3-2-4(10-9-3)5(6,7)8/h2H,1H2,(H,9,10). The fourth-order valence-electron chi connectivity index (χ4n) is 0.507. The van der Waals surface area contributed by atoms with Crippen molar-refractivity contribution >= 4 is 0 Å². The molecule has 55 valence electrons. The van der Waals surface area contributed by atoms with E-state index in [1.165, 1.54) is 0 Å². The van der Waals surface area contributed by atoms with E-state index in [1.807, 2.05) is 0 Å². The van der Waals surface area contributed by atoms with E-state index < -0.39 is 11.9 Å². The summed E-state index contributed by atoms with van der Waals surface area (Å²) in [7, 11) is 0. The first-order valence-corrected chi connectivity index (χ1v) is 2.45. The Morgan fingerprint density at radius 2 is 2.10 bits per heavy atom. The first kappa shape index (κ1) is 7.11. The van der Waals surface area contributed by atoms with Gasteiger partial charge in [-0.15, -0.1) is 0 Å². The molecule has 2 nitrogen and oxygen atoms in total. The Kier molecular flexibility index (Phi) is 1.42. The third kappa shape index (κ3) is 1.29. The molecule has 1 rings (SSSR count). The Morgan fingerprint density at radius 1 is 1.50 bits per heavy atom. The molecule has 0 saturated heterocycles. The van der Waals surface area contributed by atoms with Crippen LogP contribution in [-0.2, 0) is 6.18 Å². The predicted octanol–water partition coefficient (Wildman–Crippen LogP) is 1.61. The molecular weight excluding hydrogens is 145 g/mol. The highest BCUT2D eigenvalue weighted by Gasteiger charge is 2.33. The minimum Gasteiger partial charge on any atom is -0.282 e. The molecular formula is C5H4F3N2. The van der Waals surface area contributed by atoms with Gasteiger partial charge < -0.3 is 0 Å². The van der Waals surface area contributed by atoms with Gasteiger partial charge in [0.2, 0.25) is 0 Å². The molecule has 0 aromatic carbocycles. The number of H-pyrrole nitrogens is 1. The highest BCUT2D eigenvalue weighted by atomic mass is 19.4. The summed E-state index contributed by atoms with van der Waals surface area (Å²) in [5.74, 6) is 0. The van der Waals surface area contributed by atoms with E-state index in [9.17, 15) is 13.2 Å². The molecule has 0 spiro atoms. The summed E-state index contributed by atoms with van der Waals surface area (Å²) in [6.45, 7) is 3.24. The van der Waals surface area contributed by atoms with E-state index >= 15 is 0 Å². The fraction of sp³-hybridized carbons (Fsp3) is 0.200. The van der Waals surface area contributed by atoms with E-state index in [0.29, 0.717) is 0 Å². The largest absolute Gasteiger partial charge is 0.435 e. The molecule has 0 unspecified atom stereocenters. The number of halogens is 3. The highest BCUT2D eigenvalue weighted by Crippen LogP contribution is 2.27. The number of rotatable bonds is 0. The number of nitrogens with zero attached hydrogens (tertiary/aromatic N) is 1. The second kappa shape index (κ2) is 2.00. The van der Waals surface area contributed by atoms with Crippen LogP contribution in [0.2, 0.25) is 0 Å². The molecule has 1 N–H and O–H groups in total. The SMILES string of the molecule is [CH2]c1cc(C(F)(F)F)n[nH]1. The Labute approximate surface area is 55.1 Å². The minimum absolute atomic E-state index is 0.160. The van der Waals surface area contributed by atoms with Crippen LogP contribution in [0.15, 0.2) is 6.07 Å². The molecule has 1 radical (unpaired) electrons. The first-order valence-electron chi connectivity index (χ1n) is 2.45. The van der Waals surface area contributed by atoms with Gasteiger partial charge in [0, 0.05) is 5.69 Å². The normalized spacial score (nSPS) is 12.0. The van der Waals surface area contributed by atoms with Crippen LogP contribution in [0, 0.1) is 6.92 Å². The van der Waals surface area contributed by atoms with E-state index in [2.05, 4.69) is 17.1 Å². The van der Waals surface area contributed by atoms with Crippen LogP contribution >= 0.6 is 0 Å². The lowest BCUT2D eigenvalue weighted by atomic mass is 10.4. The zero-order valence-corrected chi connectivity index (χ0v) is 4.87. The van der Waals surface area contributed by atoms with Crippen LogP contribution < -0.4 is 0 Å². The van der Waals surface area contributed by atoms with Gasteiger partial charge in [-0.25, -0.2) is 0 Å². The van der Waals surface area contributed by atoms with Gasteiger partial charge in [0.1, 0.15) is 0 Å². The van der Waals surface area contributed by atoms with Crippen LogP contribution in [0.4, 0.5) is 13.2 Å². The second-order valence-electron chi connectivity index (χ2n) is 1.78. The van der Waals surface area contributed by atoms with E-state index in [-0.39, 0.29) is 5.69 Å². The van der Waals surface area contributed by atoms with Crippen molar-refractivity contribution in [2.75, 3.05) is 0 Å². The van der Waals surface area contributed by atoms with Crippen LogP contribution in [0.1, 0.15) is 11.4 Å². The quantitative estimate of drug-likeness (QED) is 0.596. The zero-order chi connectivity index (χ0) is 7.78. The number of hydrogen-bond donors (Lipinski definition) is 1. The van der Waals surface area contributed by atoms with Gasteiger partial charge in [-0.05, 0) is 13.0 Å². The predicted molar refractivity (Wildman–Crippen MR) is 28.0 cm³/mol. The summed E-state index contributed by atoms with van der Waals surface area (Å²) in [6, 6.07) is 0.847. The van der Waals surface area contributed by atoms with Crippen molar-refractivity contribution in [2.24, 2.45) is 0 Å². The zero-order valence-electron chi connectivity index (χ0n) is 4.87. The molecule has 10 heavy (non-hydrogen) atoms. The molecule has 0 atom stereocenters. The molecule has 1 aromatic heterocycles. The molecule has 0 aliphatic carbocycles. The van der Waals surface area contributed by atoms with Gasteiger partial charge in [-0.3, -0.25) is 5.10 Å². The number of hydrogen-bond acceptors (Lipinski definition) is 1. The van der Waals surface area contributed by atoms with Crippen LogP contribution in [-0.4, -0.2) is 10.2 Å². The monoisotopic (exact) mass is 149 g/mol. The van der Waals surface area contributed by atoms with Crippen molar-refractivity contribution in [3.8, 4) is 0 Å². The summed E-state index contributed by atoms with van der Waals surface area (Å²) < 4.78 is 35.1. The third-order valence-corrected chi connectivity index (χ3v) is 0.921. The lowest BCUT2D eigenvalue weighted by molar-refractivity contribution is -0.141. The Morgan fingerprint density at radius 3 is 2.30 bits per heavy atom. The second-order valence-corrected chi connectivity index (χ2v) is 1.78. The topological polar surface area (TPSA) is 28.7 Å². The van der Waals surface area contributed by atoms with Crippen molar-refractivity contribution in [3.63, 3.8) is 0 Å². The number of alkyl halides is 3. The summed E-state index contributed by atoms with van der Waals surface area (Å²) in [4.78, 5) is 0. The van der Waals surface area contributed by atoms with Crippen molar-refractivity contribution in [1.82, 2.24) is 10.2 Å². The van der Waals surface area contributed by atoms with Gasteiger partial charge in [0.15, 0.2) is 5.69 Å². The van der Waals surface area contributed by atoms with Crippen LogP contribution in [0.5, 0.6) is 0 Å². The van der Waals surface area contributed by atoms with E-state index in [1.54, 1.807) is 0 Å². The van der Waals surface area contributed by atoms with Crippen molar-refractivity contribution in [2.45, 2.75) is 6.18 Å². The average molecular weight is 149 g/mol. The lowest BCUT2D eigenvalue weighted by Crippen LogP contribution is -2.04. The van der Waals surface area contributed by atoms with Crippen molar-refractivity contribution < 1.29 is 13.2 Å². The molecule has 0 saturated carbocycles. The molecule has 1 heterocycles. The molecule has 5 heteroatoms. The molecule has 1 aromatic rings. The molecule has 0 fully saturated rings. The molecule has 0 aliphatic rings. The average Bonchev–Trinajstić information content (AvgIpc) is 2.11. The highest BCUT2D eigenvalue weighted by molar-refractivity contribution is 5.13. The van der Waals surface area contributed by atoms with Gasteiger partial charge in [0.25, 0.3) is 0 Å². The first-order chi connectivity index (χ1) is 4.50. The molecule has 0 bridgehead atoms. The molecule has 0 amide bonds. The van der Waals surface area contributed by atoms with Crippen LogP contribution in [0.25, 0.3) is 0 Å². The smallest absolute Gasteiger partial charge is 0.282 e. The number of nitrogens with one attached hydrogen (secondary N) is 1. The summed E-state index contributed by atoms with van der Waals surface area (Å²) >= 11 is 0. The fourth-order valence-corrected chi connectivity index (χ4v) is 0.507. The Balaban J connectivity index is 2.96. The lowest BCUT2D eigenvalue weighted by Gasteiger charge is -1.98. The van der Waals surface area contributed by atoms with Gasteiger partial charge in [-0.1, -0.05) is 0 Å². The summed E-state index contributed by atoms with van der Waals surface area (Å²) in [5.41, 5.74) is -0.773. The number of aromatic amines is 1. The summed E-state index contributed by atoms with van der Waals surface area (Å²) in [5, 5.41) is 5.07. The van der Waals surface area contributed by atoms with Crippen molar-refractivity contribution in [1.29, 1.82) is 0 Å². The Hall–Kier alpha value is -1.00. The maximum Gasteiger partial charge on any atom is 0.435 e. The maximum absolute atomic E-state index is 11.7. The van der Waals surface area contributed by atoms with Gasteiger partial charge >= 0.3 is 6.18 Å². The maximum atomic E-state index is 11.7. The van der Waals surface area contributed by atoms with Crippen molar-refractivity contribution in [3.05, 3.63) is 24.4 Å². The Bertz CT molecular complexity index is 225. The van der Waals surface area contributed by atoms with Crippen LogP contribution in [0.3, 0.4) is 0 Å². The van der Waals surface area contributed by atoms with Gasteiger partial charge in [-0.2, -0.15) is 18.3 Å². The third-order valence-electron chi connectivity index (χ3n) is 0.921. The summed E-state index contributed by atoms with van der Waals surface area (Å²) in [6.07, 6.45) is -4.37. The van der Waals surface area contributed by atoms with E-state index in [4.69, 9.17) is 0 Å².